The van der Waals surface area contributed by atoms with Crippen molar-refractivity contribution in [1.29, 1.82) is 5.41 Å². The number of allylic oxidation sites excluding steroid dienone is 1. The molecule has 140 valence electrons. The van der Waals surface area contributed by atoms with Crippen molar-refractivity contribution in [2.75, 3.05) is 0 Å². The quantitative estimate of drug-likeness (QED) is 0.222. The number of amides is 1. The number of nitrogens with two attached hydrogens (primary N) is 3. The predicted molar refractivity (Wildman–Crippen MR) is 97.8 cm³/mol. The third-order valence-corrected chi connectivity index (χ3v) is 3.62. The van der Waals surface area contributed by atoms with Gasteiger partial charge < -0.3 is 21.9 Å². The second kappa shape index (κ2) is 9.97. The van der Waals surface area contributed by atoms with E-state index in [4.69, 9.17) is 22.6 Å². The van der Waals surface area contributed by atoms with Gasteiger partial charge >= 0.3 is 11.9 Å². The van der Waals surface area contributed by atoms with E-state index in [2.05, 4.69) is 4.74 Å². The number of primary amides is 1. The van der Waals surface area contributed by atoms with E-state index >= 15 is 0 Å². The number of nitrogen functional groups attached to an aromatic ring is 1. The molecule has 0 radical (unpaired) electrons. The molecule has 0 atom stereocenters. The van der Waals surface area contributed by atoms with Crippen LogP contribution in [0.25, 0.3) is 5.70 Å². The van der Waals surface area contributed by atoms with Gasteiger partial charge in [0.2, 0.25) is 5.91 Å². The second-order valence-corrected chi connectivity index (χ2v) is 5.65. The van der Waals surface area contributed by atoms with E-state index < -0.39 is 17.8 Å². The van der Waals surface area contributed by atoms with E-state index in [1.807, 2.05) is 13.0 Å². The monoisotopic (exact) mass is 360 g/mol. The summed E-state index contributed by atoms with van der Waals surface area (Å²) in [5, 5.41) is 7.48. The van der Waals surface area contributed by atoms with Crippen LogP contribution in [-0.4, -0.2) is 23.7 Å². The molecule has 0 aliphatic heterocycles. The molecule has 1 amide bonds. The van der Waals surface area contributed by atoms with Crippen LogP contribution in [0, 0.1) is 5.41 Å². The van der Waals surface area contributed by atoms with Gasteiger partial charge in [-0.1, -0.05) is 25.1 Å². The Morgan fingerprint density at radius 3 is 2.31 bits per heavy atom. The zero-order valence-electron chi connectivity index (χ0n) is 14.7. The first-order chi connectivity index (χ1) is 12.2. The normalized spacial score (nSPS) is 11.0. The third-order valence-electron chi connectivity index (χ3n) is 3.62. The summed E-state index contributed by atoms with van der Waals surface area (Å²) >= 11 is 0. The SMILES string of the molecule is CCc1cc(C(=N)N)ccc1C(N)=CCCC(=O)OC(=O)CCC(N)=O. The van der Waals surface area contributed by atoms with Crippen LogP contribution in [0.2, 0.25) is 0 Å². The molecule has 26 heavy (non-hydrogen) atoms. The summed E-state index contributed by atoms with van der Waals surface area (Å²) in [7, 11) is 0. The maximum Gasteiger partial charge on any atom is 0.313 e. The van der Waals surface area contributed by atoms with E-state index in [-0.39, 0.29) is 25.1 Å². The number of carbonyl (C=O) groups is 3. The topological polar surface area (TPSA) is 162 Å². The summed E-state index contributed by atoms with van der Waals surface area (Å²) in [4.78, 5) is 33.5. The molecule has 8 heteroatoms. The Balaban J connectivity index is 2.63. The molecule has 0 unspecified atom stereocenters. The van der Waals surface area contributed by atoms with Gasteiger partial charge in [0.05, 0.1) is 6.42 Å². The summed E-state index contributed by atoms with van der Waals surface area (Å²) < 4.78 is 4.58. The van der Waals surface area contributed by atoms with E-state index in [9.17, 15) is 14.4 Å². The van der Waals surface area contributed by atoms with Gasteiger partial charge in [-0.2, -0.15) is 0 Å². The van der Waals surface area contributed by atoms with E-state index in [0.29, 0.717) is 24.1 Å². The van der Waals surface area contributed by atoms with Crippen LogP contribution < -0.4 is 17.2 Å². The predicted octanol–water partition coefficient (Wildman–Crippen LogP) is 0.948. The highest BCUT2D eigenvalue weighted by molar-refractivity contribution is 5.95. The summed E-state index contributed by atoms with van der Waals surface area (Å²) in [5.74, 6) is -2.12. The largest absolute Gasteiger partial charge is 0.398 e. The molecule has 7 N–H and O–H groups in total. The highest BCUT2D eigenvalue weighted by Crippen LogP contribution is 2.19. The molecule has 0 fully saturated rings. The summed E-state index contributed by atoms with van der Waals surface area (Å²) in [6.45, 7) is 1.96. The highest BCUT2D eigenvalue weighted by Gasteiger charge is 2.11. The summed E-state index contributed by atoms with van der Waals surface area (Å²) in [6, 6.07) is 5.31. The van der Waals surface area contributed by atoms with Crippen molar-refractivity contribution in [3.63, 3.8) is 0 Å². The van der Waals surface area contributed by atoms with Crippen molar-refractivity contribution in [2.45, 2.75) is 39.0 Å². The number of ether oxygens (including phenoxy) is 1. The Kier molecular flexibility index (Phi) is 8.01. The van der Waals surface area contributed by atoms with Crippen molar-refractivity contribution >= 4 is 29.4 Å². The van der Waals surface area contributed by atoms with Crippen molar-refractivity contribution in [3.8, 4) is 0 Å². The van der Waals surface area contributed by atoms with Crippen molar-refractivity contribution in [1.82, 2.24) is 0 Å². The lowest BCUT2D eigenvalue weighted by atomic mass is 9.98. The number of rotatable bonds is 9. The second-order valence-electron chi connectivity index (χ2n) is 5.65. The van der Waals surface area contributed by atoms with E-state index in [1.165, 1.54) is 0 Å². The minimum Gasteiger partial charge on any atom is -0.398 e. The molecule has 0 aliphatic carbocycles. The van der Waals surface area contributed by atoms with Gasteiger partial charge in [-0.25, -0.2) is 0 Å². The zero-order chi connectivity index (χ0) is 19.7. The van der Waals surface area contributed by atoms with Crippen LogP contribution in [0.5, 0.6) is 0 Å². The lowest BCUT2D eigenvalue weighted by molar-refractivity contribution is -0.160. The fraction of sp³-hybridized carbons (Fsp3) is 0.333. The molecular weight excluding hydrogens is 336 g/mol. The summed E-state index contributed by atoms with van der Waals surface area (Å²) in [6.07, 6.45) is 2.29. The Morgan fingerprint density at radius 1 is 1.08 bits per heavy atom. The van der Waals surface area contributed by atoms with Crippen molar-refractivity contribution in [3.05, 3.63) is 41.0 Å². The molecule has 1 aromatic rings. The van der Waals surface area contributed by atoms with Crippen molar-refractivity contribution < 1.29 is 19.1 Å². The Hall–Kier alpha value is -3.16. The average Bonchev–Trinajstić information content (AvgIpc) is 2.59. The Morgan fingerprint density at radius 2 is 1.73 bits per heavy atom. The number of amidine groups is 1. The average molecular weight is 360 g/mol. The number of hydrogen-bond acceptors (Lipinski definition) is 6. The molecule has 0 aromatic heterocycles. The number of carbonyl (C=O) groups excluding carboxylic acids is 3. The van der Waals surface area contributed by atoms with E-state index in [1.54, 1.807) is 18.2 Å². The number of nitrogens with one attached hydrogen (secondary N) is 1. The lowest BCUT2D eigenvalue weighted by Gasteiger charge is -2.10. The molecule has 0 saturated carbocycles. The molecule has 1 aromatic carbocycles. The maximum absolute atomic E-state index is 11.6. The van der Waals surface area contributed by atoms with Crippen LogP contribution in [0.15, 0.2) is 24.3 Å². The standard InChI is InChI=1S/C18H24N4O4/c1-2-11-10-12(18(21)22)6-7-13(11)14(19)4-3-5-16(24)26-17(25)9-8-15(20)23/h4,6-7,10H,2-3,5,8-9,19H2,1H3,(H2,20,23)(H3,21,22). The molecule has 0 aliphatic rings. The van der Waals surface area contributed by atoms with Crippen LogP contribution in [0.1, 0.15) is 49.3 Å². The molecule has 1 rings (SSSR count). The van der Waals surface area contributed by atoms with Crippen LogP contribution >= 0.6 is 0 Å². The molecule has 0 spiro atoms. The molecule has 0 bridgehead atoms. The molecular formula is C18H24N4O4. The summed E-state index contributed by atoms with van der Waals surface area (Å²) in [5.41, 5.74) is 19.3. The van der Waals surface area contributed by atoms with Gasteiger partial charge in [0.1, 0.15) is 5.84 Å². The first-order valence-corrected chi connectivity index (χ1v) is 8.19. The number of hydrogen-bond donors (Lipinski definition) is 4. The minimum absolute atomic E-state index is 0.0162. The highest BCUT2D eigenvalue weighted by atomic mass is 16.6. The maximum atomic E-state index is 11.6. The Bertz CT molecular complexity index is 741. The smallest absolute Gasteiger partial charge is 0.313 e. The number of benzene rings is 1. The van der Waals surface area contributed by atoms with Gasteiger partial charge in [0, 0.05) is 29.7 Å². The number of aryl methyl sites for hydroxylation is 1. The first kappa shape index (κ1) is 20.9. The van der Waals surface area contributed by atoms with Gasteiger partial charge in [-0.3, -0.25) is 19.8 Å². The minimum atomic E-state index is -0.779. The van der Waals surface area contributed by atoms with Gasteiger partial charge in [-0.05, 0) is 24.5 Å². The van der Waals surface area contributed by atoms with Gasteiger partial charge in [0.15, 0.2) is 0 Å². The van der Waals surface area contributed by atoms with Crippen LogP contribution in [0.3, 0.4) is 0 Å². The third kappa shape index (κ3) is 6.76. The molecule has 8 nitrogen and oxygen atoms in total. The fourth-order valence-electron chi connectivity index (χ4n) is 2.25. The fourth-order valence-corrected chi connectivity index (χ4v) is 2.25. The van der Waals surface area contributed by atoms with Crippen LogP contribution in [0.4, 0.5) is 0 Å². The lowest BCUT2D eigenvalue weighted by Crippen LogP contribution is -2.16. The van der Waals surface area contributed by atoms with Gasteiger partial charge in [0.25, 0.3) is 0 Å². The molecule has 0 saturated heterocycles. The van der Waals surface area contributed by atoms with Crippen LogP contribution in [-0.2, 0) is 25.5 Å². The van der Waals surface area contributed by atoms with Gasteiger partial charge in [-0.15, -0.1) is 0 Å². The zero-order valence-corrected chi connectivity index (χ0v) is 14.7. The van der Waals surface area contributed by atoms with Crippen molar-refractivity contribution in [2.24, 2.45) is 17.2 Å². The van der Waals surface area contributed by atoms with E-state index in [0.717, 1.165) is 11.1 Å². The Labute approximate surface area is 151 Å². The number of esters is 2. The molecule has 0 heterocycles. The first-order valence-electron chi connectivity index (χ1n) is 8.19.